The fourth-order valence-electron chi connectivity index (χ4n) is 1.68. The van der Waals surface area contributed by atoms with Crippen LogP contribution in [0.5, 0.6) is 0 Å². The van der Waals surface area contributed by atoms with Crippen LogP contribution in [0.25, 0.3) is 11.3 Å². The van der Waals surface area contributed by atoms with E-state index < -0.39 is 11.7 Å². The van der Waals surface area contributed by atoms with Crippen molar-refractivity contribution in [1.82, 2.24) is 0 Å². The highest BCUT2D eigenvalue weighted by atomic mass is 35.5. The van der Waals surface area contributed by atoms with Gasteiger partial charge in [0.2, 0.25) is 5.90 Å². The Morgan fingerprint density at radius 2 is 1.95 bits per heavy atom. The topological polar surface area (TPSA) is 46.2 Å². The third-order valence-corrected chi connectivity index (χ3v) is 2.59. The van der Waals surface area contributed by atoms with Gasteiger partial charge >= 0.3 is 6.18 Å². The van der Waals surface area contributed by atoms with Crippen LogP contribution in [-0.2, 0) is 10.9 Å². The van der Waals surface area contributed by atoms with E-state index in [1.165, 1.54) is 24.3 Å². The average molecular weight is 320 g/mol. The maximum atomic E-state index is 12.6. The van der Waals surface area contributed by atoms with Crippen LogP contribution in [0.15, 0.2) is 40.8 Å². The van der Waals surface area contributed by atoms with Crippen molar-refractivity contribution < 1.29 is 22.3 Å². The fraction of sp³-hybridized carbons (Fsp3) is 0.214. The van der Waals surface area contributed by atoms with E-state index in [1.807, 2.05) is 0 Å². The summed E-state index contributed by atoms with van der Waals surface area (Å²) >= 11 is 0. The van der Waals surface area contributed by atoms with Gasteiger partial charge in [0.25, 0.3) is 0 Å². The van der Waals surface area contributed by atoms with Crippen LogP contribution in [0.1, 0.15) is 18.2 Å². The molecule has 1 heterocycles. The highest BCUT2D eigenvalue weighted by Gasteiger charge is 2.30. The van der Waals surface area contributed by atoms with Crippen LogP contribution in [0.4, 0.5) is 13.2 Å². The second kappa shape index (κ2) is 6.67. The van der Waals surface area contributed by atoms with Crippen LogP contribution < -0.4 is 0 Å². The summed E-state index contributed by atoms with van der Waals surface area (Å²) < 4.78 is 48.2. The first kappa shape index (κ1) is 17.1. The Kier molecular flexibility index (Phi) is 5.43. The summed E-state index contributed by atoms with van der Waals surface area (Å²) in [6, 6.07) is 7.84. The van der Waals surface area contributed by atoms with Gasteiger partial charge in [0.15, 0.2) is 5.76 Å². The number of furan rings is 1. The van der Waals surface area contributed by atoms with Gasteiger partial charge in [0.1, 0.15) is 5.76 Å². The number of halogens is 4. The zero-order valence-corrected chi connectivity index (χ0v) is 11.8. The Labute approximate surface area is 125 Å². The molecule has 0 fully saturated rings. The van der Waals surface area contributed by atoms with Gasteiger partial charge in [0.05, 0.1) is 12.2 Å². The van der Waals surface area contributed by atoms with E-state index in [0.29, 0.717) is 12.2 Å². The lowest BCUT2D eigenvalue weighted by molar-refractivity contribution is -0.137. The van der Waals surface area contributed by atoms with E-state index in [2.05, 4.69) is 0 Å². The van der Waals surface area contributed by atoms with Crippen LogP contribution in [0, 0.1) is 5.41 Å². The van der Waals surface area contributed by atoms with Gasteiger partial charge in [-0.2, -0.15) is 13.2 Å². The molecule has 0 saturated carbocycles. The molecule has 7 heteroatoms. The van der Waals surface area contributed by atoms with Gasteiger partial charge in [-0.1, -0.05) is 12.1 Å². The fourth-order valence-corrected chi connectivity index (χ4v) is 1.68. The van der Waals surface area contributed by atoms with Gasteiger partial charge in [-0.25, -0.2) is 0 Å². The van der Waals surface area contributed by atoms with Crippen molar-refractivity contribution >= 4 is 18.3 Å². The Balaban J connectivity index is 0.00000220. The maximum absolute atomic E-state index is 12.6. The zero-order valence-electron chi connectivity index (χ0n) is 11.0. The summed E-state index contributed by atoms with van der Waals surface area (Å²) in [5, 5.41) is 7.55. The van der Waals surface area contributed by atoms with E-state index in [1.54, 1.807) is 6.92 Å². The third-order valence-electron chi connectivity index (χ3n) is 2.59. The van der Waals surface area contributed by atoms with Crippen molar-refractivity contribution in [3.8, 4) is 11.3 Å². The number of rotatable bonds is 3. The van der Waals surface area contributed by atoms with E-state index in [0.717, 1.165) is 12.1 Å². The summed E-state index contributed by atoms with van der Waals surface area (Å²) in [7, 11) is 0. The lowest BCUT2D eigenvalue weighted by Crippen LogP contribution is -2.04. The predicted octanol–water partition coefficient (Wildman–Crippen LogP) is 4.75. The molecular formula is C14H13ClF3NO2. The Morgan fingerprint density at radius 1 is 1.24 bits per heavy atom. The number of hydrogen-bond donors (Lipinski definition) is 1. The van der Waals surface area contributed by atoms with Gasteiger partial charge in [-0.15, -0.1) is 12.4 Å². The molecule has 0 atom stereocenters. The molecule has 1 N–H and O–H groups in total. The Morgan fingerprint density at radius 3 is 2.57 bits per heavy atom. The monoisotopic (exact) mass is 319 g/mol. The van der Waals surface area contributed by atoms with Crippen molar-refractivity contribution in [3.63, 3.8) is 0 Å². The Bertz CT molecular complexity index is 623. The second-order valence-electron chi connectivity index (χ2n) is 4.00. The standard InChI is InChI=1S/C14H12F3NO2.ClH/c1-2-19-13(18)12-7-6-11(20-12)9-4-3-5-10(8-9)14(15,16)17;/h3-8,18H,2H2,1H3;1H. The van der Waals surface area contributed by atoms with E-state index >= 15 is 0 Å². The molecule has 3 nitrogen and oxygen atoms in total. The summed E-state index contributed by atoms with van der Waals surface area (Å²) in [5.74, 6) is 0.292. The summed E-state index contributed by atoms with van der Waals surface area (Å²) in [5.41, 5.74) is -0.441. The number of ether oxygens (including phenoxy) is 1. The highest BCUT2D eigenvalue weighted by Crippen LogP contribution is 2.32. The zero-order chi connectivity index (χ0) is 14.8. The minimum atomic E-state index is -4.40. The van der Waals surface area contributed by atoms with Gasteiger partial charge in [0, 0.05) is 5.56 Å². The smallest absolute Gasteiger partial charge is 0.416 e. The van der Waals surface area contributed by atoms with Crippen LogP contribution in [0.2, 0.25) is 0 Å². The minimum Gasteiger partial charge on any atom is -0.476 e. The molecule has 0 spiro atoms. The van der Waals surface area contributed by atoms with E-state index in [4.69, 9.17) is 14.6 Å². The first-order chi connectivity index (χ1) is 9.41. The lowest BCUT2D eigenvalue weighted by Gasteiger charge is -2.07. The normalized spacial score (nSPS) is 10.9. The first-order valence-corrected chi connectivity index (χ1v) is 5.91. The van der Waals surface area contributed by atoms with Crippen molar-refractivity contribution in [1.29, 1.82) is 5.41 Å². The second-order valence-corrected chi connectivity index (χ2v) is 4.00. The van der Waals surface area contributed by atoms with Crippen LogP contribution in [0.3, 0.4) is 0 Å². The molecule has 0 saturated heterocycles. The molecule has 0 unspecified atom stereocenters. The highest BCUT2D eigenvalue weighted by molar-refractivity contribution is 5.89. The molecule has 0 aliphatic heterocycles. The summed E-state index contributed by atoms with van der Waals surface area (Å²) in [4.78, 5) is 0. The molecule has 2 aromatic rings. The van der Waals surface area contributed by atoms with Gasteiger partial charge < -0.3 is 9.15 Å². The van der Waals surface area contributed by atoms with Crippen LogP contribution >= 0.6 is 12.4 Å². The van der Waals surface area contributed by atoms with E-state index in [-0.39, 0.29) is 29.8 Å². The molecule has 1 aromatic carbocycles. The lowest BCUT2D eigenvalue weighted by atomic mass is 10.1. The van der Waals surface area contributed by atoms with Crippen LogP contribution in [-0.4, -0.2) is 12.5 Å². The maximum Gasteiger partial charge on any atom is 0.416 e. The number of alkyl halides is 3. The molecule has 0 radical (unpaired) electrons. The molecule has 114 valence electrons. The van der Waals surface area contributed by atoms with Crippen molar-refractivity contribution in [2.75, 3.05) is 6.61 Å². The Hall–Kier alpha value is -1.95. The quantitative estimate of drug-likeness (QED) is 0.655. The summed E-state index contributed by atoms with van der Waals surface area (Å²) in [6.45, 7) is 2.05. The number of nitrogens with one attached hydrogen (secondary N) is 1. The van der Waals surface area contributed by atoms with Crippen molar-refractivity contribution in [2.24, 2.45) is 0 Å². The molecule has 0 amide bonds. The van der Waals surface area contributed by atoms with Gasteiger partial charge in [-0.3, -0.25) is 5.41 Å². The average Bonchev–Trinajstić information content (AvgIpc) is 2.88. The molecule has 0 aliphatic carbocycles. The predicted molar refractivity (Wildman–Crippen MR) is 74.8 cm³/mol. The molecule has 1 aromatic heterocycles. The molecule has 21 heavy (non-hydrogen) atoms. The minimum absolute atomic E-state index is 0. The SMILES string of the molecule is CCOC(=N)c1ccc(-c2cccc(C(F)(F)F)c2)o1.Cl. The molecule has 0 bridgehead atoms. The van der Waals surface area contributed by atoms with E-state index in [9.17, 15) is 13.2 Å². The molecular weight excluding hydrogens is 307 g/mol. The summed E-state index contributed by atoms with van der Waals surface area (Å²) in [6.07, 6.45) is -4.40. The number of hydrogen-bond acceptors (Lipinski definition) is 3. The van der Waals surface area contributed by atoms with Gasteiger partial charge in [-0.05, 0) is 31.2 Å². The third kappa shape index (κ3) is 4.01. The molecule has 0 aliphatic rings. The van der Waals surface area contributed by atoms with Crippen molar-refractivity contribution in [2.45, 2.75) is 13.1 Å². The number of benzene rings is 1. The first-order valence-electron chi connectivity index (χ1n) is 5.91. The molecule has 2 rings (SSSR count). The van der Waals surface area contributed by atoms with Crippen molar-refractivity contribution in [3.05, 3.63) is 47.7 Å². The largest absolute Gasteiger partial charge is 0.476 e.